The van der Waals surface area contributed by atoms with E-state index in [2.05, 4.69) is 22.0 Å². The Bertz CT molecular complexity index is 616. The van der Waals surface area contributed by atoms with Gasteiger partial charge in [0.2, 0.25) is 5.91 Å². The minimum absolute atomic E-state index is 0.0610. The summed E-state index contributed by atoms with van der Waals surface area (Å²) in [7, 11) is 0. The Morgan fingerprint density at radius 3 is 2.75 bits per heavy atom. The number of hydrogen-bond acceptors (Lipinski definition) is 3. The Kier molecular flexibility index (Phi) is 8.28. The van der Waals surface area contributed by atoms with Crippen LogP contribution in [0.2, 0.25) is 0 Å². The largest absolute Gasteiger partial charge is 0.356 e. The summed E-state index contributed by atoms with van der Waals surface area (Å²) in [5.74, 6) is 0.941. The molecule has 1 aromatic rings. The number of amides is 1. The summed E-state index contributed by atoms with van der Waals surface area (Å²) >= 11 is 0. The number of carbonyl (C=O) groups excluding carboxylic acids is 1. The molecule has 28 heavy (non-hydrogen) atoms. The molecule has 156 valence electrons. The first-order valence-electron chi connectivity index (χ1n) is 11.1. The van der Waals surface area contributed by atoms with Crippen LogP contribution in [0, 0.1) is 17.7 Å². The molecule has 1 unspecified atom stereocenters. The minimum Gasteiger partial charge on any atom is -0.356 e. The average molecular weight is 390 g/mol. The number of likely N-dealkylation sites (tertiary alicyclic amines) is 2. The quantitative estimate of drug-likeness (QED) is 0.689. The maximum absolute atomic E-state index is 13.4. The van der Waals surface area contributed by atoms with E-state index in [1.54, 1.807) is 12.1 Å². The van der Waals surface area contributed by atoms with E-state index in [9.17, 15) is 9.18 Å². The second-order valence-corrected chi connectivity index (χ2v) is 8.73. The van der Waals surface area contributed by atoms with Crippen molar-refractivity contribution in [3.8, 4) is 0 Å². The fourth-order valence-corrected chi connectivity index (χ4v) is 4.41. The zero-order chi connectivity index (χ0) is 19.8. The normalized spacial score (nSPS) is 22.3. The van der Waals surface area contributed by atoms with Crippen molar-refractivity contribution in [3.63, 3.8) is 0 Å². The molecular formula is C23H36FN3O. The predicted molar refractivity (Wildman–Crippen MR) is 111 cm³/mol. The second kappa shape index (κ2) is 10.9. The lowest BCUT2D eigenvalue weighted by atomic mass is 9.96. The van der Waals surface area contributed by atoms with Crippen LogP contribution in [0.15, 0.2) is 24.3 Å². The minimum atomic E-state index is -0.192. The van der Waals surface area contributed by atoms with Crippen molar-refractivity contribution in [3.05, 3.63) is 35.6 Å². The molecular weight excluding hydrogens is 353 g/mol. The molecule has 3 rings (SSSR count). The van der Waals surface area contributed by atoms with E-state index in [0.29, 0.717) is 0 Å². The van der Waals surface area contributed by atoms with Gasteiger partial charge in [0.15, 0.2) is 0 Å². The Hall–Kier alpha value is -1.46. The first-order valence-corrected chi connectivity index (χ1v) is 11.1. The van der Waals surface area contributed by atoms with E-state index in [4.69, 9.17) is 0 Å². The van der Waals surface area contributed by atoms with Gasteiger partial charge in [-0.3, -0.25) is 9.69 Å². The smallest absolute Gasteiger partial charge is 0.224 e. The molecule has 1 atom stereocenters. The van der Waals surface area contributed by atoms with Gasteiger partial charge in [-0.2, -0.15) is 0 Å². The first-order chi connectivity index (χ1) is 13.6. The topological polar surface area (TPSA) is 35.6 Å². The Morgan fingerprint density at radius 2 is 1.96 bits per heavy atom. The molecule has 2 fully saturated rings. The van der Waals surface area contributed by atoms with E-state index in [1.807, 2.05) is 6.07 Å². The highest BCUT2D eigenvalue weighted by Crippen LogP contribution is 2.19. The van der Waals surface area contributed by atoms with E-state index in [0.717, 1.165) is 69.9 Å². The van der Waals surface area contributed by atoms with E-state index < -0.39 is 0 Å². The van der Waals surface area contributed by atoms with Crippen LogP contribution in [-0.2, 0) is 11.3 Å². The number of rotatable bonds is 8. The summed E-state index contributed by atoms with van der Waals surface area (Å²) in [6, 6.07) is 6.77. The van der Waals surface area contributed by atoms with E-state index in [1.165, 1.54) is 32.0 Å². The summed E-state index contributed by atoms with van der Waals surface area (Å²) in [4.78, 5) is 17.4. The Labute approximate surface area is 169 Å². The van der Waals surface area contributed by atoms with Gasteiger partial charge in [0.25, 0.3) is 0 Å². The van der Waals surface area contributed by atoms with Crippen molar-refractivity contribution in [1.82, 2.24) is 15.1 Å². The molecule has 0 radical (unpaired) electrons. The number of nitrogens with zero attached hydrogens (tertiary/aromatic N) is 2. The number of carbonyl (C=O) groups is 1. The molecule has 1 N–H and O–H groups in total. The van der Waals surface area contributed by atoms with Crippen molar-refractivity contribution in [2.75, 3.05) is 39.3 Å². The van der Waals surface area contributed by atoms with Gasteiger partial charge in [0.1, 0.15) is 5.82 Å². The van der Waals surface area contributed by atoms with Crippen LogP contribution in [0.5, 0.6) is 0 Å². The number of nitrogens with one attached hydrogen (secondary N) is 1. The van der Waals surface area contributed by atoms with Gasteiger partial charge in [-0.25, -0.2) is 4.39 Å². The third-order valence-corrected chi connectivity index (χ3v) is 6.25. The van der Waals surface area contributed by atoms with Crippen molar-refractivity contribution in [1.29, 1.82) is 0 Å². The second-order valence-electron chi connectivity index (χ2n) is 8.73. The highest BCUT2D eigenvalue weighted by atomic mass is 19.1. The fraction of sp³-hybridized carbons (Fsp3) is 0.696. The summed E-state index contributed by atoms with van der Waals surface area (Å²) in [6.45, 7) is 9.22. The van der Waals surface area contributed by atoms with E-state index in [-0.39, 0.29) is 17.6 Å². The molecule has 2 aliphatic rings. The van der Waals surface area contributed by atoms with Gasteiger partial charge in [-0.15, -0.1) is 0 Å². The standard InChI is InChI=1S/C23H36FN3O/c1-19-9-14-26(15-10-19)12-3-2-11-25-23(28)21-7-5-13-27(18-21)17-20-6-4-8-22(24)16-20/h4,6,8,16,19,21H,2-3,5,7,9-15,17-18H2,1H3,(H,25,28). The SMILES string of the molecule is CC1CCN(CCCCNC(=O)C2CCCN(Cc3cccc(F)c3)C2)CC1. The molecule has 0 bridgehead atoms. The number of halogens is 1. The molecule has 2 saturated heterocycles. The van der Waals surface area contributed by atoms with Crippen LogP contribution in [0.4, 0.5) is 4.39 Å². The lowest BCUT2D eigenvalue weighted by molar-refractivity contribution is -0.126. The van der Waals surface area contributed by atoms with Crippen LogP contribution < -0.4 is 5.32 Å². The lowest BCUT2D eigenvalue weighted by Crippen LogP contribution is -2.43. The zero-order valence-corrected chi connectivity index (χ0v) is 17.3. The molecule has 0 aromatic heterocycles. The highest BCUT2D eigenvalue weighted by molar-refractivity contribution is 5.78. The van der Waals surface area contributed by atoms with Crippen molar-refractivity contribution in [2.24, 2.45) is 11.8 Å². The first kappa shape index (κ1) is 21.3. The summed E-state index contributed by atoms with van der Waals surface area (Å²) in [5, 5.41) is 3.15. The Morgan fingerprint density at radius 1 is 1.14 bits per heavy atom. The van der Waals surface area contributed by atoms with Gasteiger partial charge in [0.05, 0.1) is 5.92 Å². The average Bonchev–Trinajstić information content (AvgIpc) is 2.69. The van der Waals surface area contributed by atoms with Crippen LogP contribution in [0.25, 0.3) is 0 Å². The van der Waals surface area contributed by atoms with Crippen molar-refractivity contribution < 1.29 is 9.18 Å². The lowest BCUT2D eigenvalue weighted by Gasteiger charge is -2.32. The maximum atomic E-state index is 13.4. The van der Waals surface area contributed by atoms with Crippen molar-refractivity contribution >= 4 is 5.91 Å². The van der Waals surface area contributed by atoms with Gasteiger partial charge in [-0.05, 0) is 88.3 Å². The molecule has 1 amide bonds. The highest BCUT2D eigenvalue weighted by Gasteiger charge is 2.25. The number of benzene rings is 1. The van der Waals surface area contributed by atoms with Gasteiger partial charge >= 0.3 is 0 Å². The van der Waals surface area contributed by atoms with Crippen molar-refractivity contribution in [2.45, 2.75) is 52.0 Å². The third kappa shape index (κ3) is 6.85. The van der Waals surface area contributed by atoms with Gasteiger partial charge < -0.3 is 10.2 Å². The summed E-state index contributed by atoms with van der Waals surface area (Å²) < 4.78 is 13.4. The third-order valence-electron chi connectivity index (χ3n) is 6.25. The molecule has 0 saturated carbocycles. The number of unbranched alkanes of at least 4 members (excludes halogenated alkanes) is 1. The molecule has 2 aliphatic heterocycles. The monoisotopic (exact) mass is 389 g/mol. The van der Waals surface area contributed by atoms with Gasteiger partial charge in [-0.1, -0.05) is 19.1 Å². The molecule has 0 spiro atoms. The Balaban J connectivity index is 1.31. The fourth-order valence-electron chi connectivity index (χ4n) is 4.41. The van der Waals surface area contributed by atoms with E-state index >= 15 is 0 Å². The van der Waals surface area contributed by atoms with Gasteiger partial charge in [0, 0.05) is 19.6 Å². The zero-order valence-electron chi connectivity index (χ0n) is 17.3. The van der Waals surface area contributed by atoms with Crippen LogP contribution in [0.1, 0.15) is 51.0 Å². The molecule has 0 aliphatic carbocycles. The molecule has 4 nitrogen and oxygen atoms in total. The summed E-state index contributed by atoms with van der Waals surface area (Å²) in [5.41, 5.74) is 0.980. The number of hydrogen-bond donors (Lipinski definition) is 1. The van der Waals surface area contributed by atoms with Crippen LogP contribution >= 0.6 is 0 Å². The summed E-state index contributed by atoms with van der Waals surface area (Å²) in [6.07, 6.45) is 6.84. The molecule has 2 heterocycles. The molecule has 1 aromatic carbocycles. The number of piperidine rings is 2. The van der Waals surface area contributed by atoms with Crippen LogP contribution in [0.3, 0.4) is 0 Å². The van der Waals surface area contributed by atoms with Crippen LogP contribution in [-0.4, -0.2) is 55.0 Å². The maximum Gasteiger partial charge on any atom is 0.224 e. The molecule has 5 heteroatoms. The predicted octanol–water partition coefficient (Wildman–Crippen LogP) is 3.67.